The molecule has 5 nitrogen and oxygen atoms in total. The normalized spacial score (nSPS) is 35.8. The molecule has 1 saturated heterocycles. The molecule has 1 amide bonds. The van der Waals surface area contributed by atoms with Crippen molar-refractivity contribution in [1.29, 1.82) is 5.26 Å². The lowest BCUT2D eigenvalue weighted by Gasteiger charge is -2.22. The van der Waals surface area contributed by atoms with E-state index in [-0.39, 0.29) is 6.04 Å². The Labute approximate surface area is 75.2 Å². The zero-order valence-electron chi connectivity index (χ0n) is 6.92. The van der Waals surface area contributed by atoms with Gasteiger partial charge >= 0.3 is 0 Å². The first-order chi connectivity index (χ1) is 6.15. The SMILES string of the molecule is N#C[C@@H]1C[C@@H]2C[C@@H]2N1C(=O)C(O)O. The molecule has 0 aromatic carbocycles. The average Bonchev–Trinajstić information content (AvgIpc) is 2.76. The maximum absolute atomic E-state index is 11.2. The van der Waals surface area contributed by atoms with Gasteiger partial charge < -0.3 is 15.1 Å². The zero-order valence-corrected chi connectivity index (χ0v) is 6.92. The highest BCUT2D eigenvalue weighted by Crippen LogP contribution is 2.47. The summed E-state index contributed by atoms with van der Waals surface area (Å²) in [6.07, 6.45) is -0.397. The summed E-state index contributed by atoms with van der Waals surface area (Å²) in [5.74, 6) is -0.330. The van der Waals surface area contributed by atoms with Crippen LogP contribution in [-0.4, -0.2) is 39.4 Å². The molecular formula is C8H10N2O3. The summed E-state index contributed by atoms with van der Waals surface area (Å²) in [5, 5.41) is 26.1. The number of nitriles is 1. The third-order valence-electron chi connectivity index (χ3n) is 2.73. The monoisotopic (exact) mass is 182 g/mol. The Balaban J connectivity index is 2.13. The Kier molecular flexibility index (Phi) is 1.75. The van der Waals surface area contributed by atoms with Gasteiger partial charge in [0.15, 0.2) is 0 Å². The summed E-state index contributed by atoms with van der Waals surface area (Å²) in [6.45, 7) is 0. The van der Waals surface area contributed by atoms with E-state index in [4.69, 9.17) is 15.5 Å². The van der Waals surface area contributed by atoms with Crippen LogP contribution in [0.15, 0.2) is 0 Å². The molecule has 0 bridgehead atoms. The molecule has 3 atom stereocenters. The molecule has 13 heavy (non-hydrogen) atoms. The molecule has 0 radical (unpaired) electrons. The van der Waals surface area contributed by atoms with Gasteiger partial charge in [-0.05, 0) is 18.8 Å². The number of carbonyl (C=O) groups is 1. The van der Waals surface area contributed by atoms with Crippen molar-refractivity contribution >= 4 is 5.91 Å². The molecule has 1 aliphatic carbocycles. The smallest absolute Gasteiger partial charge is 0.280 e. The van der Waals surface area contributed by atoms with Crippen LogP contribution in [0.25, 0.3) is 0 Å². The average molecular weight is 182 g/mol. The van der Waals surface area contributed by atoms with E-state index in [9.17, 15) is 4.79 Å². The Bertz CT molecular complexity index is 284. The molecule has 2 aliphatic rings. The number of nitrogens with zero attached hydrogens (tertiary/aromatic N) is 2. The highest BCUT2D eigenvalue weighted by atomic mass is 16.5. The van der Waals surface area contributed by atoms with Crippen LogP contribution in [-0.2, 0) is 4.79 Å². The van der Waals surface area contributed by atoms with Crippen LogP contribution < -0.4 is 0 Å². The number of hydrogen-bond donors (Lipinski definition) is 2. The minimum absolute atomic E-state index is 0.0824. The van der Waals surface area contributed by atoms with E-state index < -0.39 is 18.2 Å². The molecule has 1 aliphatic heterocycles. The highest BCUT2D eigenvalue weighted by molar-refractivity contribution is 5.81. The lowest BCUT2D eigenvalue weighted by molar-refractivity contribution is -0.160. The van der Waals surface area contributed by atoms with Crippen molar-refractivity contribution in [2.75, 3.05) is 0 Å². The number of carbonyl (C=O) groups excluding carboxylic acids is 1. The second kappa shape index (κ2) is 2.69. The fourth-order valence-electron chi connectivity index (χ4n) is 2.02. The standard InChI is InChI=1S/C8H10N2O3/c9-3-5-1-4-2-6(4)10(5)7(11)8(12)13/h4-6,8,12-13H,1-2H2/t4-,5+,6+/m1/s1. The molecule has 0 unspecified atom stereocenters. The van der Waals surface area contributed by atoms with E-state index in [0.29, 0.717) is 12.3 Å². The van der Waals surface area contributed by atoms with Gasteiger partial charge in [-0.15, -0.1) is 0 Å². The van der Waals surface area contributed by atoms with Crippen LogP contribution >= 0.6 is 0 Å². The third kappa shape index (κ3) is 1.19. The third-order valence-corrected chi connectivity index (χ3v) is 2.73. The fraction of sp³-hybridized carbons (Fsp3) is 0.750. The minimum atomic E-state index is -1.98. The predicted octanol–water partition coefficient (Wildman–Crippen LogP) is -1.19. The molecule has 70 valence electrons. The minimum Gasteiger partial charge on any atom is -0.361 e. The number of aliphatic hydroxyl groups is 2. The Morgan fingerprint density at radius 2 is 2.23 bits per heavy atom. The second-order valence-corrected chi connectivity index (χ2v) is 3.56. The maximum Gasteiger partial charge on any atom is 0.280 e. The van der Waals surface area contributed by atoms with Crippen LogP contribution in [0, 0.1) is 17.2 Å². The van der Waals surface area contributed by atoms with Crippen LogP contribution in [0.3, 0.4) is 0 Å². The van der Waals surface area contributed by atoms with Crippen LogP contribution in [0.1, 0.15) is 12.8 Å². The second-order valence-electron chi connectivity index (χ2n) is 3.56. The number of likely N-dealkylation sites (tertiary alicyclic amines) is 1. The van der Waals surface area contributed by atoms with E-state index >= 15 is 0 Å². The summed E-state index contributed by atoms with van der Waals surface area (Å²) in [6, 6.07) is 1.62. The number of amides is 1. The number of piperidine rings is 1. The number of rotatable bonds is 1. The van der Waals surface area contributed by atoms with Crippen molar-refractivity contribution < 1.29 is 15.0 Å². The van der Waals surface area contributed by atoms with E-state index in [1.165, 1.54) is 4.90 Å². The fourth-order valence-corrected chi connectivity index (χ4v) is 2.02. The van der Waals surface area contributed by atoms with Crippen LogP contribution in [0.2, 0.25) is 0 Å². The molecule has 1 saturated carbocycles. The largest absolute Gasteiger partial charge is 0.361 e. The molecule has 2 rings (SSSR count). The lowest BCUT2D eigenvalue weighted by Crippen LogP contribution is -2.43. The van der Waals surface area contributed by atoms with E-state index in [0.717, 1.165) is 6.42 Å². The van der Waals surface area contributed by atoms with Crippen LogP contribution in [0.4, 0.5) is 0 Å². The van der Waals surface area contributed by atoms with Gasteiger partial charge in [0, 0.05) is 6.04 Å². The van der Waals surface area contributed by atoms with Gasteiger partial charge in [-0.25, -0.2) is 0 Å². The first-order valence-electron chi connectivity index (χ1n) is 4.23. The summed E-state index contributed by atoms with van der Waals surface area (Å²) >= 11 is 0. The molecule has 2 N–H and O–H groups in total. The van der Waals surface area contributed by atoms with Gasteiger partial charge in [-0.2, -0.15) is 5.26 Å². The maximum atomic E-state index is 11.2. The van der Waals surface area contributed by atoms with Crippen molar-refractivity contribution in [1.82, 2.24) is 4.90 Å². The summed E-state index contributed by atoms with van der Waals surface area (Å²) in [4.78, 5) is 12.5. The Hall–Kier alpha value is -1.12. The number of aliphatic hydroxyl groups excluding tert-OH is 1. The van der Waals surface area contributed by atoms with Crippen LogP contribution in [0.5, 0.6) is 0 Å². The van der Waals surface area contributed by atoms with Crippen molar-refractivity contribution in [2.45, 2.75) is 31.2 Å². The zero-order chi connectivity index (χ0) is 9.59. The molecule has 0 aromatic heterocycles. The molecule has 1 heterocycles. The van der Waals surface area contributed by atoms with Gasteiger partial charge in [0.05, 0.1) is 6.07 Å². The molecule has 5 heteroatoms. The van der Waals surface area contributed by atoms with E-state index in [1.807, 2.05) is 6.07 Å². The van der Waals surface area contributed by atoms with Gasteiger partial charge in [-0.1, -0.05) is 0 Å². The van der Waals surface area contributed by atoms with Crippen molar-refractivity contribution in [2.24, 2.45) is 5.92 Å². The van der Waals surface area contributed by atoms with E-state index in [2.05, 4.69) is 0 Å². The quantitative estimate of drug-likeness (QED) is 0.499. The lowest BCUT2D eigenvalue weighted by atomic mass is 10.2. The van der Waals surface area contributed by atoms with Gasteiger partial charge in [0.1, 0.15) is 6.04 Å². The predicted molar refractivity (Wildman–Crippen MR) is 41.0 cm³/mol. The molecule has 0 aromatic rings. The van der Waals surface area contributed by atoms with Gasteiger partial charge in [-0.3, -0.25) is 4.79 Å². The van der Waals surface area contributed by atoms with Crippen molar-refractivity contribution in [3.8, 4) is 6.07 Å². The topological polar surface area (TPSA) is 84.6 Å². The summed E-state index contributed by atoms with van der Waals surface area (Å²) < 4.78 is 0. The van der Waals surface area contributed by atoms with E-state index in [1.54, 1.807) is 0 Å². The summed E-state index contributed by atoms with van der Waals surface area (Å²) in [5.41, 5.74) is 0. The molecule has 2 fully saturated rings. The first kappa shape index (κ1) is 8.48. The number of fused-ring (bicyclic) bond motifs is 1. The molecular weight excluding hydrogens is 172 g/mol. The first-order valence-corrected chi connectivity index (χ1v) is 4.23. The number of hydrogen-bond acceptors (Lipinski definition) is 4. The van der Waals surface area contributed by atoms with Gasteiger partial charge in [0.2, 0.25) is 6.29 Å². The Morgan fingerprint density at radius 3 is 2.77 bits per heavy atom. The van der Waals surface area contributed by atoms with Crippen molar-refractivity contribution in [3.63, 3.8) is 0 Å². The van der Waals surface area contributed by atoms with Gasteiger partial charge in [0.25, 0.3) is 5.91 Å². The highest BCUT2D eigenvalue weighted by Gasteiger charge is 2.54. The Morgan fingerprint density at radius 1 is 1.54 bits per heavy atom. The summed E-state index contributed by atoms with van der Waals surface area (Å²) in [7, 11) is 0. The van der Waals surface area contributed by atoms with Crippen molar-refractivity contribution in [3.05, 3.63) is 0 Å². The molecule has 0 spiro atoms.